The number of carbonyl (C=O) groups excluding carboxylic acids is 1. The number of imidazole rings is 1. The van der Waals surface area contributed by atoms with E-state index in [9.17, 15) is 24.6 Å². The third-order valence-electron chi connectivity index (χ3n) is 3.90. The van der Waals surface area contributed by atoms with Gasteiger partial charge in [-0.3, -0.25) is 18.7 Å². The predicted molar refractivity (Wildman–Crippen MR) is 89.3 cm³/mol. The van der Waals surface area contributed by atoms with Gasteiger partial charge in [-0.25, -0.2) is 4.79 Å². The van der Waals surface area contributed by atoms with Crippen LogP contribution in [0.3, 0.4) is 0 Å². The molecule has 0 saturated carbocycles. The molecule has 0 bridgehead atoms. The Labute approximate surface area is 145 Å². The van der Waals surface area contributed by atoms with E-state index >= 15 is 0 Å². The van der Waals surface area contributed by atoms with E-state index in [1.54, 1.807) is 0 Å². The van der Waals surface area contributed by atoms with E-state index < -0.39 is 22.8 Å². The van der Waals surface area contributed by atoms with E-state index in [2.05, 4.69) is 4.98 Å². The average Bonchev–Trinajstić information content (AvgIpc) is 2.90. The molecule has 0 atom stereocenters. The third-order valence-corrected chi connectivity index (χ3v) is 4.19. The number of aromatic nitrogens is 4. The van der Waals surface area contributed by atoms with Crippen molar-refractivity contribution in [3.8, 4) is 11.5 Å². The highest BCUT2D eigenvalue weighted by atomic mass is 35.5. The Hall–Kier alpha value is -3.07. The van der Waals surface area contributed by atoms with Crippen LogP contribution in [-0.2, 0) is 20.6 Å². The zero-order chi connectivity index (χ0) is 18.5. The maximum absolute atomic E-state index is 12.4. The van der Waals surface area contributed by atoms with Crippen LogP contribution in [0.25, 0.3) is 11.2 Å². The van der Waals surface area contributed by atoms with Crippen molar-refractivity contribution in [2.75, 3.05) is 0 Å². The van der Waals surface area contributed by atoms with Crippen molar-refractivity contribution in [1.29, 1.82) is 0 Å². The number of rotatable bonds is 3. The molecule has 2 N–H and O–H groups in total. The summed E-state index contributed by atoms with van der Waals surface area (Å²) in [6, 6.07) is 3.62. The summed E-state index contributed by atoms with van der Waals surface area (Å²) >= 11 is 6.05. The molecule has 0 radical (unpaired) electrons. The first-order valence-electron chi connectivity index (χ1n) is 7.09. The van der Waals surface area contributed by atoms with Crippen molar-refractivity contribution in [1.82, 2.24) is 18.7 Å². The number of hydrogen-bond donors (Lipinski definition) is 2. The van der Waals surface area contributed by atoms with Gasteiger partial charge in [-0.15, -0.1) is 0 Å². The number of hydrogen-bond acceptors (Lipinski definition) is 6. The molecule has 0 aliphatic carbocycles. The van der Waals surface area contributed by atoms with Crippen molar-refractivity contribution >= 4 is 28.5 Å². The largest absolute Gasteiger partial charge is 0.504 e. The van der Waals surface area contributed by atoms with Crippen LogP contribution in [0.4, 0.5) is 0 Å². The van der Waals surface area contributed by atoms with Gasteiger partial charge in [0.25, 0.3) is 5.56 Å². The quantitative estimate of drug-likeness (QED) is 0.394. The number of aryl methyl sites for hydroxylation is 1. The van der Waals surface area contributed by atoms with E-state index in [4.69, 9.17) is 11.6 Å². The van der Waals surface area contributed by atoms with Gasteiger partial charge in [-0.1, -0.05) is 0 Å². The summed E-state index contributed by atoms with van der Waals surface area (Å²) in [5.41, 5.74) is -0.979. The SMILES string of the molecule is Cn1c(=O)c2c(nc(Cl)n2CC(=O)c2ccc(O)c(O)c2)n(C)c1=O. The van der Waals surface area contributed by atoms with Crippen LogP contribution in [-0.4, -0.2) is 34.7 Å². The molecule has 3 aromatic rings. The van der Waals surface area contributed by atoms with Crippen LogP contribution in [0, 0.1) is 0 Å². The first-order chi connectivity index (χ1) is 11.7. The number of benzene rings is 1. The number of Topliss-reactive ketones (excluding diaryl/α,β-unsaturated/α-hetero) is 1. The molecule has 0 aliphatic rings. The van der Waals surface area contributed by atoms with Gasteiger partial charge in [0.1, 0.15) is 0 Å². The molecule has 3 rings (SSSR count). The van der Waals surface area contributed by atoms with Crippen LogP contribution in [0.5, 0.6) is 11.5 Å². The van der Waals surface area contributed by atoms with Crippen molar-refractivity contribution in [3.05, 3.63) is 49.9 Å². The number of phenolic OH excluding ortho intramolecular Hbond substituents is 2. The lowest BCUT2D eigenvalue weighted by molar-refractivity contribution is 0.0973. The lowest BCUT2D eigenvalue weighted by atomic mass is 10.1. The van der Waals surface area contributed by atoms with E-state index in [1.807, 2.05) is 0 Å². The Morgan fingerprint density at radius 1 is 1.16 bits per heavy atom. The maximum atomic E-state index is 12.4. The number of halogens is 1. The lowest BCUT2D eigenvalue weighted by Gasteiger charge is -2.07. The van der Waals surface area contributed by atoms with Gasteiger partial charge in [-0.05, 0) is 29.8 Å². The number of ketones is 1. The Kier molecular flexibility index (Phi) is 3.88. The van der Waals surface area contributed by atoms with Gasteiger partial charge >= 0.3 is 5.69 Å². The fraction of sp³-hybridized carbons (Fsp3) is 0.200. The number of nitrogens with zero attached hydrogens (tertiary/aromatic N) is 4. The molecule has 10 heteroatoms. The molecule has 2 heterocycles. The minimum Gasteiger partial charge on any atom is -0.504 e. The van der Waals surface area contributed by atoms with Crippen LogP contribution in [0.15, 0.2) is 27.8 Å². The third kappa shape index (κ3) is 2.58. The van der Waals surface area contributed by atoms with E-state index in [-0.39, 0.29) is 34.3 Å². The second-order valence-corrected chi connectivity index (χ2v) is 5.81. The molecular formula is C15H13ClN4O5. The molecule has 2 aromatic heterocycles. The summed E-state index contributed by atoms with van der Waals surface area (Å²) in [7, 11) is 2.76. The normalized spacial score (nSPS) is 11.2. The predicted octanol–water partition coefficient (Wildman–Crippen LogP) is 0.381. The van der Waals surface area contributed by atoms with Gasteiger partial charge in [0.2, 0.25) is 5.28 Å². The van der Waals surface area contributed by atoms with Gasteiger partial charge < -0.3 is 14.8 Å². The maximum Gasteiger partial charge on any atom is 0.332 e. The molecule has 130 valence electrons. The summed E-state index contributed by atoms with van der Waals surface area (Å²) in [4.78, 5) is 40.8. The van der Waals surface area contributed by atoms with Crippen LogP contribution in [0.2, 0.25) is 5.28 Å². The fourth-order valence-electron chi connectivity index (χ4n) is 2.50. The van der Waals surface area contributed by atoms with E-state index in [0.29, 0.717) is 0 Å². The number of fused-ring (bicyclic) bond motifs is 1. The van der Waals surface area contributed by atoms with Gasteiger partial charge in [0.05, 0.1) is 6.54 Å². The Morgan fingerprint density at radius 3 is 2.48 bits per heavy atom. The van der Waals surface area contributed by atoms with Crippen molar-refractivity contribution < 1.29 is 15.0 Å². The van der Waals surface area contributed by atoms with E-state index in [1.165, 1.54) is 30.8 Å². The summed E-state index contributed by atoms with van der Waals surface area (Å²) in [5.74, 6) is -1.26. The molecule has 0 spiro atoms. The van der Waals surface area contributed by atoms with Crippen LogP contribution < -0.4 is 11.2 Å². The monoisotopic (exact) mass is 364 g/mol. The standard InChI is InChI=1S/C15H13ClN4O5/c1-18-12-11(13(24)19(2)15(18)25)20(14(16)17-12)6-10(23)7-3-4-8(21)9(22)5-7/h3-5,21-22H,6H2,1-2H3. The minimum atomic E-state index is -0.626. The summed E-state index contributed by atoms with van der Waals surface area (Å²) in [6.45, 7) is -0.326. The second kappa shape index (κ2) is 5.78. The number of carbonyl (C=O) groups is 1. The smallest absolute Gasteiger partial charge is 0.332 e. The van der Waals surface area contributed by atoms with E-state index in [0.717, 1.165) is 15.2 Å². The Morgan fingerprint density at radius 2 is 1.84 bits per heavy atom. The molecule has 0 amide bonds. The Bertz CT molecular complexity index is 1140. The van der Waals surface area contributed by atoms with Crippen LogP contribution in [0.1, 0.15) is 10.4 Å². The highest BCUT2D eigenvalue weighted by Crippen LogP contribution is 2.25. The Balaban J connectivity index is 2.15. The zero-order valence-electron chi connectivity index (χ0n) is 13.2. The first-order valence-corrected chi connectivity index (χ1v) is 7.47. The molecule has 0 unspecified atom stereocenters. The molecule has 9 nitrogen and oxygen atoms in total. The topological polar surface area (TPSA) is 119 Å². The number of aromatic hydroxyl groups is 2. The highest BCUT2D eigenvalue weighted by molar-refractivity contribution is 6.29. The second-order valence-electron chi connectivity index (χ2n) is 5.47. The van der Waals surface area contributed by atoms with Gasteiger partial charge in [-0.2, -0.15) is 4.98 Å². The molecular weight excluding hydrogens is 352 g/mol. The minimum absolute atomic E-state index is 0.0194. The molecule has 0 saturated heterocycles. The molecule has 0 aliphatic heterocycles. The van der Waals surface area contributed by atoms with Gasteiger partial charge in [0, 0.05) is 19.7 Å². The van der Waals surface area contributed by atoms with Crippen molar-refractivity contribution in [2.24, 2.45) is 14.1 Å². The highest BCUT2D eigenvalue weighted by Gasteiger charge is 2.20. The molecule has 0 fully saturated rings. The first kappa shape index (κ1) is 16.8. The summed E-state index contributed by atoms with van der Waals surface area (Å²) in [6.07, 6.45) is 0. The van der Waals surface area contributed by atoms with Gasteiger partial charge in [0.15, 0.2) is 28.4 Å². The number of phenols is 2. The fourth-order valence-corrected chi connectivity index (χ4v) is 2.72. The average molecular weight is 365 g/mol. The van der Waals surface area contributed by atoms with Crippen LogP contribution >= 0.6 is 11.6 Å². The van der Waals surface area contributed by atoms with Crippen molar-refractivity contribution in [2.45, 2.75) is 6.54 Å². The zero-order valence-corrected chi connectivity index (χ0v) is 14.0. The molecule has 25 heavy (non-hydrogen) atoms. The molecule has 1 aromatic carbocycles. The summed E-state index contributed by atoms with van der Waals surface area (Å²) < 4.78 is 3.26. The van der Waals surface area contributed by atoms with Crippen molar-refractivity contribution in [3.63, 3.8) is 0 Å². The summed E-state index contributed by atoms with van der Waals surface area (Å²) in [5, 5.41) is 18.7. The lowest BCUT2D eigenvalue weighted by Crippen LogP contribution is -2.37.